The second-order valence-corrected chi connectivity index (χ2v) is 7.23. The lowest BCUT2D eigenvalue weighted by molar-refractivity contribution is 0.0947. The summed E-state index contributed by atoms with van der Waals surface area (Å²) in [5.41, 5.74) is 3.00. The minimum Gasteiger partial charge on any atom is -0.385 e. The maximum absolute atomic E-state index is 12.5. The number of carbonyl (C=O) groups excluding carboxylic acids is 2. The molecule has 2 aromatic carbocycles. The molecular weight excluding hydrogens is 366 g/mol. The Hall–Kier alpha value is -2.86. The van der Waals surface area contributed by atoms with E-state index in [-0.39, 0.29) is 11.8 Å². The highest BCUT2D eigenvalue weighted by Crippen LogP contribution is 2.22. The lowest BCUT2D eigenvalue weighted by atomic mass is 10.1. The molecule has 6 heteroatoms. The predicted octanol–water partition coefficient (Wildman–Crippen LogP) is 3.70. The minimum absolute atomic E-state index is 0.152. The average molecular weight is 396 g/mol. The van der Waals surface area contributed by atoms with Gasteiger partial charge in [0.25, 0.3) is 11.8 Å². The van der Waals surface area contributed by atoms with Gasteiger partial charge in [-0.2, -0.15) is 0 Å². The number of amides is 2. The quantitative estimate of drug-likeness (QED) is 0.669. The van der Waals surface area contributed by atoms with Crippen molar-refractivity contribution >= 4 is 23.2 Å². The molecule has 2 aromatic rings. The molecule has 3 rings (SSSR count). The largest absolute Gasteiger partial charge is 0.385 e. The molecule has 0 atom stereocenters. The number of carbonyl (C=O) groups is 2. The SMILES string of the molecule is COCCCNC(=O)c1ccc(C(=O)Nc2ccc(N3CCCCC3)cc2)cc1. The number of nitrogens with one attached hydrogen (secondary N) is 2. The van der Waals surface area contributed by atoms with Crippen LogP contribution in [0.15, 0.2) is 48.5 Å². The Labute approximate surface area is 172 Å². The summed E-state index contributed by atoms with van der Waals surface area (Å²) in [6.45, 7) is 3.36. The third-order valence-electron chi connectivity index (χ3n) is 5.07. The van der Waals surface area contributed by atoms with Crippen LogP contribution in [-0.4, -0.2) is 45.2 Å². The normalized spacial score (nSPS) is 13.8. The first-order valence-electron chi connectivity index (χ1n) is 10.2. The molecule has 29 heavy (non-hydrogen) atoms. The molecule has 1 aliphatic heterocycles. The summed E-state index contributed by atoms with van der Waals surface area (Å²) in [7, 11) is 1.63. The van der Waals surface area contributed by atoms with E-state index in [0.29, 0.717) is 24.3 Å². The van der Waals surface area contributed by atoms with Crippen molar-refractivity contribution in [2.75, 3.05) is 43.6 Å². The maximum atomic E-state index is 12.5. The van der Waals surface area contributed by atoms with Crippen molar-refractivity contribution in [3.63, 3.8) is 0 Å². The number of hydrogen-bond donors (Lipinski definition) is 2. The van der Waals surface area contributed by atoms with Gasteiger partial charge in [0.1, 0.15) is 0 Å². The minimum atomic E-state index is -0.192. The maximum Gasteiger partial charge on any atom is 0.255 e. The van der Waals surface area contributed by atoms with Gasteiger partial charge in [-0.1, -0.05) is 0 Å². The van der Waals surface area contributed by atoms with Crippen LogP contribution in [0.1, 0.15) is 46.4 Å². The number of rotatable bonds is 8. The third kappa shape index (κ3) is 6.06. The van der Waals surface area contributed by atoms with Crippen molar-refractivity contribution in [3.8, 4) is 0 Å². The van der Waals surface area contributed by atoms with Crippen molar-refractivity contribution in [3.05, 3.63) is 59.7 Å². The topological polar surface area (TPSA) is 70.7 Å². The van der Waals surface area contributed by atoms with Gasteiger partial charge in [0.05, 0.1) is 0 Å². The van der Waals surface area contributed by atoms with Gasteiger partial charge in [-0.15, -0.1) is 0 Å². The summed E-state index contributed by atoms with van der Waals surface area (Å²) in [6.07, 6.45) is 4.54. The molecule has 1 heterocycles. The van der Waals surface area contributed by atoms with Crippen LogP contribution < -0.4 is 15.5 Å². The van der Waals surface area contributed by atoms with E-state index in [0.717, 1.165) is 25.2 Å². The van der Waals surface area contributed by atoms with E-state index in [4.69, 9.17) is 4.74 Å². The lowest BCUT2D eigenvalue weighted by Gasteiger charge is -2.28. The zero-order valence-electron chi connectivity index (χ0n) is 16.9. The van der Waals surface area contributed by atoms with E-state index in [1.165, 1.54) is 24.9 Å². The standard InChI is InChI=1S/C23H29N3O3/c1-29-17-5-14-24-22(27)18-6-8-19(9-7-18)23(28)25-20-10-12-21(13-11-20)26-15-3-2-4-16-26/h6-13H,2-5,14-17H2,1H3,(H,24,27)(H,25,28). The fourth-order valence-corrected chi connectivity index (χ4v) is 3.40. The summed E-state index contributed by atoms with van der Waals surface area (Å²) in [6, 6.07) is 14.6. The number of ether oxygens (including phenoxy) is 1. The van der Waals surface area contributed by atoms with Crippen LogP contribution in [0, 0.1) is 0 Å². The van der Waals surface area contributed by atoms with E-state index in [1.807, 2.05) is 12.1 Å². The van der Waals surface area contributed by atoms with Crippen molar-refractivity contribution in [2.45, 2.75) is 25.7 Å². The number of benzene rings is 2. The zero-order valence-corrected chi connectivity index (χ0v) is 16.9. The van der Waals surface area contributed by atoms with Gasteiger partial charge >= 0.3 is 0 Å². The van der Waals surface area contributed by atoms with Gasteiger partial charge in [0.2, 0.25) is 0 Å². The van der Waals surface area contributed by atoms with Crippen LogP contribution >= 0.6 is 0 Å². The number of methoxy groups -OCH3 is 1. The number of hydrogen-bond acceptors (Lipinski definition) is 4. The van der Waals surface area contributed by atoms with Crippen molar-refractivity contribution in [1.82, 2.24) is 5.32 Å². The van der Waals surface area contributed by atoms with Gasteiger partial charge in [0, 0.05) is 55.9 Å². The smallest absolute Gasteiger partial charge is 0.255 e. The van der Waals surface area contributed by atoms with Crippen LogP contribution in [0.4, 0.5) is 11.4 Å². The summed E-state index contributed by atoms with van der Waals surface area (Å²) in [4.78, 5) is 27.0. The molecule has 1 aliphatic rings. The van der Waals surface area contributed by atoms with Crippen LogP contribution in [-0.2, 0) is 4.74 Å². The molecule has 0 bridgehead atoms. The molecule has 154 valence electrons. The second kappa shape index (κ2) is 10.6. The highest BCUT2D eigenvalue weighted by Gasteiger charge is 2.12. The number of anilines is 2. The molecule has 2 amide bonds. The monoisotopic (exact) mass is 395 g/mol. The fourth-order valence-electron chi connectivity index (χ4n) is 3.40. The Kier molecular flexibility index (Phi) is 7.64. The summed E-state index contributed by atoms with van der Waals surface area (Å²) >= 11 is 0. The van der Waals surface area contributed by atoms with Gasteiger partial charge in [0.15, 0.2) is 0 Å². The molecule has 0 saturated carbocycles. The first-order chi connectivity index (χ1) is 14.2. The number of nitrogens with zero attached hydrogens (tertiary/aromatic N) is 1. The summed E-state index contributed by atoms with van der Waals surface area (Å²) < 4.78 is 4.96. The van der Waals surface area contributed by atoms with Gasteiger partial charge < -0.3 is 20.3 Å². The Morgan fingerprint density at radius 2 is 1.52 bits per heavy atom. The highest BCUT2D eigenvalue weighted by molar-refractivity contribution is 6.05. The van der Waals surface area contributed by atoms with Gasteiger partial charge in [-0.25, -0.2) is 0 Å². The Morgan fingerprint density at radius 3 is 2.14 bits per heavy atom. The Morgan fingerprint density at radius 1 is 0.897 bits per heavy atom. The highest BCUT2D eigenvalue weighted by atomic mass is 16.5. The van der Waals surface area contributed by atoms with E-state index in [1.54, 1.807) is 31.4 Å². The molecule has 0 aromatic heterocycles. The van der Waals surface area contributed by atoms with Crippen LogP contribution in [0.2, 0.25) is 0 Å². The molecule has 0 unspecified atom stereocenters. The molecular formula is C23H29N3O3. The molecule has 1 saturated heterocycles. The molecule has 0 spiro atoms. The molecule has 6 nitrogen and oxygen atoms in total. The van der Waals surface area contributed by atoms with Crippen molar-refractivity contribution in [1.29, 1.82) is 0 Å². The fraction of sp³-hybridized carbons (Fsp3) is 0.391. The van der Waals surface area contributed by atoms with E-state index >= 15 is 0 Å². The van der Waals surface area contributed by atoms with Crippen LogP contribution in [0.3, 0.4) is 0 Å². The molecule has 0 aliphatic carbocycles. The Balaban J connectivity index is 1.53. The first-order valence-corrected chi connectivity index (χ1v) is 10.2. The van der Waals surface area contributed by atoms with E-state index in [9.17, 15) is 9.59 Å². The second-order valence-electron chi connectivity index (χ2n) is 7.23. The van der Waals surface area contributed by atoms with Gasteiger partial charge in [-0.3, -0.25) is 9.59 Å². The molecule has 2 N–H and O–H groups in total. The Bertz CT molecular complexity index is 797. The zero-order chi connectivity index (χ0) is 20.5. The van der Waals surface area contributed by atoms with Crippen LogP contribution in [0.5, 0.6) is 0 Å². The number of piperidine rings is 1. The van der Waals surface area contributed by atoms with Crippen molar-refractivity contribution in [2.24, 2.45) is 0 Å². The average Bonchev–Trinajstić information content (AvgIpc) is 2.78. The first kappa shape index (κ1) is 20.9. The van der Waals surface area contributed by atoms with E-state index < -0.39 is 0 Å². The van der Waals surface area contributed by atoms with Crippen molar-refractivity contribution < 1.29 is 14.3 Å². The third-order valence-corrected chi connectivity index (χ3v) is 5.07. The molecule has 0 radical (unpaired) electrons. The van der Waals surface area contributed by atoms with Crippen LogP contribution in [0.25, 0.3) is 0 Å². The summed E-state index contributed by atoms with van der Waals surface area (Å²) in [5.74, 6) is -0.343. The van der Waals surface area contributed by atoms with E-state index in [2.05, 4.69) is 27.7 Å². The lowest BCUT2D eigenvalue weighted by Crippen LogP contribution is -2.29. The van der Waals surface area contributed by atoms with Gasteiger partial charge in [-0.05, 0) is 74.2 Å². The summed E-state index contributed by atoms with van der Waals surface area (Å²) in [5, 5.41) is 5.74. The molecule has 1 fully saturated rings. The predicted molar refractivity (Wildman–Crippen MR) is 116 cm³/mol.